The zero-order valence-electron chi connectivity index (χ0n) is 16.4. The van der Waals surface area contributed by atoms with Crippen LogP contribution in [0.1, 0.15) is 16.9 Å². The van der Waals surface area contributed by atoms with Crippen LogP contribution in [0.2, 0.25) is 0 Å². The number of H-pyrrole nitrogens is 2. The van der Waals surface area contributed by atoms with Crippen LogP contribution in [0.3, 0.4) is 0 Å². The van der Waals surface area contributed by atoms with Gasteiger partial charge in [0.25, 0.3) is 0 Å². The number of thiophene rings is 1. The summed E-state index contributed by atoms with van der Waals surface area (Å²) < 4.78 is 0. The fourth-order valence-electron chi connectivity index (χ4n) is 3.95. The molecule has 8 heteroatoms. The minimum absolute atomic E-state index is 0.697. The normalized spacial score (nSPS) is 14.5. The molecule has 5 aromatic rings. The summed E-state index contributed by atoms with van der Waals surface area (Å²) >= 11 is 1.76. The molecule has 0 amide bonds. The van der Waals surface area contributed by atoms with Crippen molar-refractivity contribution in [2.24, 2.45) is 0 Å². The predicted octanol–water partition coefficient (Wildman–Crippen LogP) is 4.31. The number of nitrogens with zero attached hydrogens (tertiary/aromatic N) is 4. The molecule has 6 rings (SSSR count). The third-order valence-corrected chi connectivity index (χ3v) is 6.50. The fraction of sp³-hybridized carbons (Fsp3) is 0.182. The predicted molar refractivity (Wildman–Crippen MR) is 120 cm³/mol. The van der Waals surface area contributed by atoms with E-state index in [4.69, 9.17) is 4.98 Å². The Morgan fingerprint density at radius 1 is 1.10 bits per heavy atom. The molecule has 30 heavy (non-hydrogen) atoms. The fourth-order valence-corrected chi connectivity index (χ4v) is 4.84. The number of aromatic amines is 2. The molecule has 0 aromatic carbocycles. The highest BCUT2D eigenvalue weighted by Gasteiger charge is 2.18. The van der Waals surface area contributed by atoms with Crippen molar-refractivity contribution >= 4 is 39.1 Å². The van der Waals surface area contributed by atoms with Gasteiger partial charge < -0.3 is 10.3 Å². The first kappa shape index (κ1) is 17.5. The number of hydrogen-bond donors (Lipinski definition) is 3. The number of nitrogens with one attached hydrogen (secondary N) is 3. The summed E-state index contributed by atoms with van der Waals surface area (Å²) in [6.07, 6.45) is 6.96. The Labute approximate surface area is 176 Å². The zero-order chi connectivity index (χ0) is 20.1. The Bertz CT molecular complexity index is 1420. The molecule has 1 aliphatic heterocycles. The largest absolute Gasteiger partial charge is 0.321 e. The lowest BCUT2D eigenvalue weighted by Crippen LogP contribution is -2.20. The van der Waals surface area contributed by atoms with Crippen LogP contribution >= 0.6 is 11.3 Å². The molecule has 3 N–H and O–H groups in total. The Balaban J connectivity index is 1.49. The van der Waals surface area contributed by atoms with Gasteiger partial charge in [-0.15, -0.1) is 11.3 Å². The second-order valence-electron chi connectivity index (χ2n) is 7.43. The standard InChI is InChI=1S/C22H19N7S/c1-12-2-3-17(30-12)15-6-9-24-21-18(15)26-22(27-21)19-16-10-14(11-25-20(16)29-28-19)13-4-7-23-8-5-13/h2-4,6,9-11,23H,5,7-8H2,1H3,(H,24,26,27)(H,25,28,29). The Morgan fingerprint density at radius 3 is 2.90 bits per heavy atom. The Kier molecular flexibility index (Phi) is 4.00. The Morgan fingerprint density at radius 2 is 2.07 bits per heavy atom. The number of imidazole rings is 1. The van der Waals surface area contributed by atoms with Gasteiger partial charge in [-0.25, -0.2) is 15.0 Å². The smallest absolute Gasteiger partial charge is 0.161 e. The second kappa shape index (κ2) is 6.86. The highest BCUT2D eigenvalue weighted by molar-refractivity contribution is 7.15. The average Bonchev–Trinajstić information content (AvgIpc) is 3.51. The van der Waals surface area contributed by atoms with Crippen molar-refractivity contribution in [2.45, 2.75) is 13.3 Å². The summed E-state index contributed by atoms with van der Waals surface area (Å²) in [5.74, 6) is 0.697. The number of pyridine rings is 2. The minimum atomic E-state index is 0.697. The summed E-state index contributed by atoms with van der Waals surface area (Å²) in [7, 11) is 0. The van der Waals surface area contributed by atoms with Crippen LogP contribution < -0.4 is 5.32 Å². The maximum Gasteiger partial charge on any atom is 0.161 e. The number of hydrogen-bond acceptors (Lipinski definition) is 6. The van der Waals surface area contributed by atoms with E-state index in [2.05, 4.69) is 61.7 Å². The molecular formula is C22H19N7S. The van der Waals surface area contributed by atoms with Gasteiger partial charge in [-0.05, 0) is 55.3 Å². The van der Waals surface area contributed by atoms with E-state index >= 15 is 0 Å². The molecule has 0 atom stereocenters. The maximum atomic E-state index is 4.89. The van der Waals surface area contributed by atoms with E-state index in [1.165, 1.54) is 15.3 Å². The topological polar surface area (TPSA) is 95.2 Å². The van der Waals surface area contributed by atoms with Crippen molar-refractivity contribution in [1.82, 2.24) is 35.5 Å². The molecular weight excluding hydrogens is 394 g/mol. The van der Waals surface area contributed by atoms with Gasteiger partial charge in [-0.1, -0.05) is 6.08 Å². The van der Waals surface area contributed by atoms with Crippen LogP contribution in [-0.4, -0.2) is 43.2 Å². The van der Waals surface area contributed by atoms with E-state index in [9.17, 15) is 0 Å². The molecule has 0 radical (unpaired) electrons. The molecule has 148 valence electrons. The van der Waals surface area contributed by atoms with Crippen molar-refractivity contribution in [3.8, 4) is 22.0 Å². The number of rotatable bonds is 3. The summed E-state index contributed by atoms with van der Waals surface area (Å²) in [5, 5.41) is 11.9. The van der Waals surface area contributed by atoms with Gasteiger partial charge in [0.05, 0.1) is 5.39 Å². The minimum Gasteiger partial charge on any atom is -0.321 e. The summed E-state index contributed by atoms with van der Waals surface area (Å²) in [5.41, 5.74) is 6.67. The molecule has 0 saturated carbocycles. The van der Waals surface area contributed by atoms with E-state index < -0.39 is 0 Å². The van der Waals surface area contributed by atoms with E-state index in [1.807, 2.05) is 18.5 Å². The first-order valence-electron chi connectivity index (χ1n) is 9.92. The van der Waals surface area contributed by atoms with E-state index in [-0.39, 0.29) is 0 Å². The average molecular weight is 414 g/mol. The maximum absolute atomic E-state index is 4.89. The number of aromatic nitrogens is 6. The van der Waals surface area contributed by atoms with E-state index in [1.54, 1.807) is 11.3 Å². The van der Waals surface area contributed by atoms with Crippen LogP contribution in [0.25, 0.3) is 49.7 Å². The molecule has 0 unspecified atom stereocenters. The zero-order valence-corrected chi connectivity index (χ0v) is 17.2. The molecule has 0 saturated heterocycles. The Hall–Kier alpha value is -3.36. The molecule has 0 spiro atoms. The van der Waals surface area contributed by atoms with Crippen LogP contribution in [-0.2, 0) is 0 Å². The van der Waals surface area contributed by atoms with Crippen LogP contribution in [0, 0.1) is 6.92 Å². The van der Waals surface area contributed by atoms with Crippen LogP contribution in [0.4, 0.5) is 0 Å². The number of fused-ring (bicyclic) bond motifs is 2. The van der Waals surface area contributed by atoms with Crippen molar-refractivity contribution in [3.63, 3.8) is 0 Å². The van der Waals surface area contributed by atoms with Gasteiger partial charge in [-0.2, -0.15) is 5.10 Å². The van der Waals surface area contributed by atoms with Crippen molar-refractivity contribution in [1.29, 1.82) is 0 Å². The molecule has 0 aliphatic carbocycles. The number of aryl methyl sites for hydroxylation is 1. The van der Waals surface area contributed by atoms with Gasteiger partial charge in [0.2, 0.25) is 0 Å². The van der Waals surface area contributed by atoms with Crippen molar-refractivity contribution in [3.05, 3.63) is 53.2 Å². The lowest BCUT2D eigenvalue weighted by Gasteiger charge is -2.13. The van der Waals surface area contributed by atoms with Gasteiger partial charge in [0.15, 0.2) is 17.1 Å². The molecule has 0 fully saturated rings. The first-order chi connectivity index (χ1) is 14.8. The quantitative estimate of drug-likeness (QED) is 0.410. The second-order valence-corrected chi connectivity index (χ2v) is 8.72. The highest BCUT2D eigenvalue weighted by Crippen LogP contribution is 2.34. The summed E-state index contributed by atoms with van der Waals surface area (Å²) in [6.45, 7) is 3.99. The summed E-state index contributed by atoms with van der Waals surface area (Å²) in [6, 6.07) is 8.44. The van der Waals surface area contributed by atoms with Gasteiger partial charge >= 0.3 is 0 Å². The first-order valence-corrected chi connectivity index (χ1v) is 10.7. The van der Waals surface area contributed by atoms with E-state index in [0.29, 0.717) is 5.82 Å². The van der Waals surface area contributed by atoms with Crippen LogP contribution in [0.5, 0.6) is 0 Å². The lowest BCUT2D eigenvalue weighted by atomic mass is 10.0. The highest BCUT2D eigenvalue weighted by atomic mass is 32.1. The molecule has 5 aromatic heterocycles. The summed E-state index contributed by atoms with van der Waals surface area (Å²) in [4.78, 5) is 19.8. The van der Waals surface area contributed by atoms with Crippen molar-refractivity contribution < 1.29 is 0 Å². The molecule has 7 nitrogen and oxygen atoms in total. The third kappa shape index (κ3) is 2.84. The molecule has 1 aliphatic rings. The third-order valence-electron chi connectivity index (χ3n) is 5.47. The lowest BCUT2D eigenvalue weighted by molar-refractivity contribution is 0.738. The monoisotopic (exact) mass is 413 g/mol. The SMILES string of the molecule is Cc1ccc(-c2ccnc3[nH]c(-c4n[nH]c5ncc(C6=CCNCC6)cc45)nc23)s1. The van der Waals surface area contributed by atoms with Gasteiger partial charge in [-0.3, -0.25) is 5.10 Å². The van der Waals surface area contributed by atoms with Gasteiger partial charge in [0, 0.05) is 34.3 Å². The molecule has 0 bridgehead atoms. The molecule has 6 heterocycles. The van der Waals surface area contributed by atoms with E-state index in [0.717, 1.165) is 58.5 Å². The van der Waals surface area contributed by atoms with Crippen LogP contribution in [0.15, 0.2) is 42.7 Å². The van der Waals surface area contributed by atoms with Crippen molar-refractivity contribution in [2.75, 3.05) is 13.1 Å². The van der Waals surface area contributed by atoms with Gasteiger partial charge in [0.1, 0.15) is 11.2 Å².